The number of imidazole rings is 1. The Bertz CT molecular complexity index is 991. The van der Waals surface area contributed by atoms with Crippen LogP contribution in [0.2, 0.25) is 0 Å². The Balaban J connectivity index is 2.12. The Morgan fingerprint density at radius 3 is 2.61 bits per heavy atom. The summed E-state index contributed by atoms with van der Waals surface area (Å²) in [6, 6.07) is 9.49. The summed E-state index contributed by atoms with van der Waals surface area (Å²) in [5.74, 6) is -0.421. The minimum absolute atomic E-state index is 0.421. The molecule has 28 heavy (non-hydrogen) atoms. The lowest BCUT2D eigenvalue weighted by atomic mass is 9.97. The molecule has 6 nitrogen and oxygen atoms in total. The third-order valence-electron chi connectivity index (χ3n) is 5.11. The molecule has 2 heterocycles. The number of benzene rings is 1. The normalized spacial score (nSPS) is 10.8. The molecule has 3 N–H and O–H groups in total. The first-order chi connectivity index (χ1) is 13.6. The van der Waals surface area contributed by atoms with Gasteiger partial charge in [-0.15, -0.1) is 0 Å². The van der Waals surface area contributed by atoms with E-state index < -0.39 is 5.91 Å². The van der Waals surface area contributed by atoms with Crippen LogP contribution in [-0.2, 0) is 19.4 Å². The van der Waals surface area contributed by atoms with E-state index in [1.165, 1.54) is 0 Å². The first-order valence-corrected chi connectivity index (χ1v) is 9.56. The van der Waals surface area contributed by atoms with E-state index in [1.54, 1.807) is 18.5 Å². The molecule has 0 spiro atoms. The van der Waals surface area contributed by atoms with E-state index in [9.17, 15) is 4.79 Å². The highest BCUT2D eigenvalue weighted by Crippen LogP contribution is 2.34. The van der Waals surface area contributed by atoms with Gasteiger partial charge in [-0.25, -0.2) is 4.98 Å². The Labute approximate surface area is 165 Å². The first kappa shape index (κ1) is 19.4. The third-order valence-corrected chi connectivity index (χ3v) is 5.11. The predicted molar refractivity (Wildman–Crippen MR) is 109 cm³/mol. The number of primary amides is 1. The molecule has 0 aliphatic heterocycles. The van der Waals surface area contributed by atoms with Crippen LogP contribution in [0.25, 0.3) is 11.1 Å². The van der Waals surface area contributed by atoms with E-state index >= 15 is 0 Å². The van der Waals surface area contributed by atoms with E-state index in [0.717, 1.165) is 60.4 Å². The molecular formula is C22H25N5O. The number of aromatic amines is 1. The van der Waals surface area contributed by atoms with Gasteiger partial charge in [0.15, 0.2) is 0 Å². The van der Waals surface area contributed by atoms with Crippen molar-refractivity contribution in [2.45, 2.75) is 46.1 Å². The van der Waals surface area contributed by atoms with Crippen molar-refractivity contribution in [3.05, 3.63) is 65.0 Å². The second-order valence-electron chi connectivity index (χ2n) is 6.92. The SMILES string of the molecule is CCCCc1c(-c2ccc(C#N)cc2)c(C(N)=O)c(C)n1CCc1cnc[nH]1. The molecule has 0 saturated heterocycles. The van der Waals surface area contributed by atoms with Crippen LogP contribution in [0.15, 0.2) is 36.8 Å². The Morgan fingerprint density at radius 2 is 2.04 bits per heavy atom. The van der Waals surface area contributed by atoms with Crippen molar-refractivity contribution >= 4 is 5.91 Å². The van der Waals surface area contributed by atoms with Crippen molar-refractivity contribution in [2.24, 2.45) is 5.73 Å². The molecule has 6 heteroatoms. The number of H-pyrrole nitrogens is 1. The summed E-state index contributed by atoms with van der Waals surface area (Å²) in [6.07, 6.45) is 7.23. The highest BCUT2D eigenvalue weighted by Gasteiger charge is 2.24. The van der Waals surface area contributed by atoms with Crippen LogP contribution in [0.1, 0.15) is 52.8 Å². The van der Waals surface area contributed by atoms with Crippen LogP contribution < -0.4 is 5.73 Å². The van der Waals surface area contributed by atoms with Crippen molar-refractivity contribution in [1.29, 1.82) is 5.26 Å². The van der Waals surface area contributed by atoms with Crippen LogP contribution in [-0.4, -0.2) is 20.4 Å². The maximum absolute atomic E-state index is 12.4. The van der Waals surface area contributed by atoms with Gasteiger partial charge in [0.25, 0.3) is 5.91 Å². The second-order valence-corrected chi connectivity index (χ2v) is 6.92. The summed E-state index contributed by atoms with van der Waals surface area (Å²) in [4.78, 5) is 19.6. The summed E-state index contributed by atoms with van der Waals surface area (Å²) in [5, 5.41) is 9.08. The van der Waals surface area contributed by atoms with Crippen LogP contribution in [0.3, 0.4) is 0 Å². The molecule has 0 fully saturated rings. The van der Waals surface area contributed by atoms with Gasteiger partial charge in [0.05, 0.1) is 23.5 Å². The largest absolute Gasteiger partial charge is 0.366 e. The Kier molecular flexibility index (Phi) is 5.95. The molecule has 0 saturated carbocycles. The Morgan fingerprint density at radius 1 is 1.29 bits per heavy atom. The molecule has 0 radical (unpaired) electrons. The molecule has 0 aliphatic rings. The fraction of sp³-hybridized carbons (Fsp3) is 0.318. The van der Waals surface area contributed by atoms with Crippen molar-refractivity contribution < 1.29 is 4.79 Å². The number of unbranched alkanes of at least 4 members (excludes halogenated alkanes) is 1. The zero-order valence-corrected chi connectivity index (χ0v) is 16.3. The number of carbonyl (C=O) groups excluding carboxylic acids is 1. The number of hydrogen-bond acceptors (Lipinski definition) is 3. The molecule has 1 aromatic carbocycles. The standard InChI is InChI=1S/C22H25N5O/c1-3-4-5-19-21(17-8-6-16(12-23)7-9-17)20(22(24)28)15(2)27(19)11-10-18-13-25-14-26-18/h6-9,13-14H,3-5,10-11H2,1-2H3,(H2,24,28)(H,25,26). The molecule has 3 aromatic rings. The fourth-order valence-corrected chi connectivity index (χ4v) is 3.68. The number of amides is 1. The van der Waals surface area contributed by atoms with Crippen molar-refractivity contribution in [3.8, 4) is 17.2 Å². The summed E-state index contributed by atoms with van der Waals surface area (Å²) in [5.41, 5.74) is 11.8. The highest BCUT2D eigenvalue weighted by atomic mass is 16.1. The van der Waals surface area contributed by atoms with Crippen LogP contribution in [0.4, 0.5) is 0 Å². The number of rotatable bonds is 8. The zero-order valence-electron chi connectivity index (χ0n) is 16.3. The van der Waals surface area contributed by atoms with Crippen LogP contribution in [0, 0.1) is 18.3 Å². The maximum Gasteiger partial charge on any atom is 0.251 e. The van der Waals surface area contributed by atoms with E-state index in [-0.39, 0.29) is 0 Å². The smallest absolute Gasteiger partial charge is 0.251 e. The zero-order chi connectivity index (χ0) is 20.1. The molecule has 3 rings (SSSR count). The Hall–Kier alpha value is -3.33. The predicted octanol–water partition coefficient (Wildman–Crippen LogP) is 3.74. The number of nitrogens with zero attached hydrogens (tertiary/aromatic N) is 3. The number of nitrogens with two attached hydrogens (primary N) is 1. The van der Waals surface area contributed by atoms with E-state index in [4.69, 9.17) is 11.0 Å². The summed E-state index contributed by atoms with van der Waals surface area (Å²) in [6.45, 7) is 4.85. The molecule has 0 atom stereocenters. The van der Waals surface area contributed by atoms with Crippen molar-refractivity contribution in [3.63, 3.8) is 0 Å². The molecule has 1 amide bonds. The van der Waals surface area contributed by atoms with Crippen LogP contribution >= 0.6 is 0 Å². The van der Waals surface area contributed by atoms with Gasteiger partial charge < -0.3 is 15.3 Å². The van der Waals surface area contributed by atoms with Gasteiger partial charge in [-0.3, -0.25) is 4.79 Å². The lowest BCUT2D eigenvalue weighted by Gasteiger charge is -2.13. The van der Waals surface area contributed by atoms with Crippen molar-refractivity contribution in [1.82, 2.24) is 14.5 Å². The number of nitrogens with one attached hydrogen (secondary N) is 1. The fourth-order valence-electron chi connectivity index (χ4n) is 3.68. The third kappa shape index (κ3) is 3.84. The van der Waals surface area contributed by atoms with E-state index in [2.05, 4.69) is 27.5 Å². The lowest BCUT2D eigenvalue weighted by molar-refractivity contribution is 0.1000. The first-order valence-electron chi connectivity index (χ1n) is 9.56. The van der Waals surface area contributed by atoms with Gasteiger partial charge in [-0.05, 0) is 37.5 Å². The summed E-state index contributed by atoms with van der Waals surface area (Å²) >= 11 is 0. The monoisotopic (exact) mass is 375 g/mol. The van der Waals surface area contributed by atoms with E-state index in [0.29, 0.717) is 11.1 Å². The highest BCUT2D eigenvalue weighted by molar-refractivity contribution is 6.02. The van der Waals surface area contributed by atoms with Gasteiger partial charge in [0.2, 0.25) is 0 Å². The quantitative estimate of drug-likeness (QED) is 0.627. The van der Waals surface area contributed by atoms with Gasteiger partial charge >= 0.3 is 0 Å². The number of aryl methyl sites for hydroxylation is 1. The molecule has 0 aliphatic carbocycles. The second kappa shape index (κ2) is 8.57. The topological polar surface area (TPSA) is 100 Å². The molecule has 2 aromatic heterocycles. The van der Waals surface area contributed by atoms with Gasteiger partial charge in [-0.1, -0.05) is 25.5 Å². The van der Waals surface area contributed by atoms with Gasteiger partial charge in [-0.2, -0.15) is 5.26 Å². The number of hydrogen-bond donors (Lipinski definition) is 2. The number of carbonyl (C=O) groups is 1. The summed E-state index contributed by atoms with van der Waals surface area (Å²) < 4.78 is 2.21. The minimum atomic E-state index is -0.421. The molecule has 0 bridgehead atoms. The van der Waals surface area contributed by atoms with Gasteiger partial charge in [0.1, 0.15) is 0 Å². The van der Waals surface area contributed by atoms with E-state index in [1.807, 2.05) is 25.3 Å². The van der Waals surface area contributed by atoms with Crippen LogP contribution in [0.5, 0.6) is 0 Å². The average Bonchev–Trinajstić information content (AvgIpc) is 3.30. The summed E-state index contributed by atoms with van der Waals surface area (Å²) in [7, 11) is 0. The minimum Gasteiger partial charge on any atom is -0.366 e. The molecular weight excluding hydrogens is 350 g/mol. The number of nitriles is 1. The molecule has 0 unspecified atom stereocenters. The molecule has 144 valence electrons. The van der Waals surface area contributed by atoms with Gasteiger partial charge in [0, 0.05) is 41.8 Å². The maximum atomic E-state index is 12.4. The average molecular weight is 375 g/mol. The lowest BCUT2D eigenvalue weighted by Crippen LogP contribution is -2.14. The van der Waals surface area contributed by atoms with Crippen molar-refractivity contribution in [2.75, 3.05) is 0 Å². The number of aromatic nitrogens is 3.